The van der Waals surface area contributed by atoms with Crippen LogP contribution in [0.2, 0.25) is 0 Å². The van der Waals surface area contributed by atoms with E-state index in [1.165, 1.54) is 0 Å². The Hall–Kier alpha value is -2.35. The summed E-state index contributed by atoms with van der Waals surface area (Å²) in [6, 6.07) is 8.03. The van der Waals surface area contributed by atoms with Gasteiger partial charge in [0.25, 0.3) is 11.1 Å². The highest BCUT2D eigenvalue weighted by atomic mass is 35.5. The monoisotopic (exact) mass is 417 g/mol. The lowest BCUT2D eigenvalue weighted by Gasteiger charge is -2.29. The van der Waals surface area contributed by atoms with Gasteiger partial charge in [-0.2, -0.15) is 0 Å². The third-order valence-corrected chi connectivity index (χ3v) is 5.55. The summed E-state index contributed by atoms with van der Waals surface area (Å²) in [6.07, 6.45) is 5.51. The van der Waals surface area contributed by atoms with Crippen LogP contribution < -0.4 is 15.5 Å². The van der Waals surface area contributed by atoms with Crippen LogP contribution in [0.4, 0.5) is 10.5 Å². The van der Waals surface area contributed by atoms with Gasteiger partial charge in [0.05, 0.1) is 4.91 Å². The van der Waals surface area contributed by atoms with Crippen LogP contribution in [-0.2, 0) is 9.59 Å². The molecule has 0 unspecified atom stereocenters. The smallest absolute Gasteiger partial charge is 0.290 e. The SMILES string of the molecule is Cl.O=C1NC(=O)C(=CC2=CCC(=O)C(c3ccc(N4CCNCC4)cc3)=C2)S1. The Morgan fingerprint density at radius 2 is 1.75 bits per heavy atom. The van der Waals surface area contributed by atoms with Crippen molar-refractivity contribution in [2.24, 2.45) is 0 Å². The van der Waals surface area contributed by atoms with E-state index in [0.717, 1.165) is 54.8 Å². The van der Waals surface area contributed by atoms with Crippen LogP contribution in [0.1, 0.15) is 12.0 Å². The summed E-state index contributed by atoms with van der Waals surface area (Å²) in [6.45, 7) is 3.89. The summed E-state index contributed by atoms with van der Waals surface area (Å²) in [5.74, 6) is -0.343. The van der Waals surface area contributed by atoms with E-state index in [0.29, 0.717) is 10.5 Å². The Morgan fingerprint density at radius 1 is 1.04 bits per heavy atom. The van der Waals surface area contributed by atoms with E-state index in [4.69, 9.17) is 0 Å². The minimum absolute atomic E-state index is 0. The van der Waals surface area contributed by atoms with Gasteiger partial charge in [0.2, 0.25) is 0 Å². The molecular formula is C20H20ClN3O3S. The predicted molar refractivity (Wildman–Crippen MR) is 114 cm³/mol. The number of piperazine rings is 1. The van der Waals surface area contributed by atoms with Crippen molar-refractivity contribution in [2.45, 2.75) is 6.42 Å². The number of halogens is 1. The zero-order valence-corrected chi connectivity index (χ0v) is 16.7. The number of Topliss-reactive ketones (excluding diaryl/α,β-unsaturated/α-hetero) is 1. The number of carbonyl (C=O) groups excluding carboxylic acids is 3. The molecule has 3 aliphatic rings. The van der Waals surface area contributed by atoms with Crippen LogP contribution in [-0.4, -0.2) is 43.1 Å². The van der Waals surface area contributed by atoms with E-state index in [2.05, 4.69) is 15.5 Å². The fourth-order valence-electron chi connectivity index (χ4n) is 3.32. The Morgan fingerprint density at radius 3 is 2.39 bits per heavy atom. The molecule has 0 spiro atoms. The largest absolute Gasteiger partial charge is 0.369 e. The molecule has 2 heterocycles. The van der Waals surface area contributed by atoms with Crippen molar-refractivity contribution in [3.63, 3.8) is 0 Å². The van der Waals surface area contributed by atoms with Gasteiger partial charge in [-0.05, 0) is 47.2 Å². The van der Waals surface area contributed by atoms with Crippen molar-refractivity contribution in [2.75, 3.05) is 31.1 Å². The topological polar surface area (TPSA) is 78.5 Å². The van der Waals surface area contributed by atoms with E-state index in [1.807, 2.05) is 24.3 Å². The molecule has 0 saturated carbocycles. The van der Waals surface area contributed by atoms with Crippen LogP contribution in [0.25, 0.3) is 5.57 Å². The maximum absolute atomic E-state index is 12.4. The van der Waals surface area contributed by atoms with Crippen LogP contribution in [0.5, 0.6) is 0 Å². The van der Waals surface area contributed by atoms with E-state index in [1.54, 1.807) is 18.2 Å². The summed E-state index contributed by atoms with van der Waals surface area (Å²) < 4.78 is 0. The number of allylic oxidation sites excluding steroid dienone is 5. The molecule has 2 aliphatic heterocycles. The van der Waals surface area contributed by atoms with Crippen LogP contribution >= 0.6 is 24.2 Å². The first-order chi connectivity index (χ1) is 13.1. The molecule has 146 valence electrons. The first kappa shape index (κ1) is 20.4. The van der Waals surface area contributed by atoms with Crippen LogP contribution in [0.3, 0.4) is 0 Å². The quantitative estimate of drug-likeness (QED) is 0.736. The molecular weight excluding hydrogens is 398 g/mol. The van der Waals surface area contributed by atoms with Crippen molar-refractivity contribution in [1.29, 1.82) is 0 Å². The number of nitrogens with one attached hydrogen (secondary N) is 2. The summed E-state index contributed by atoms with van der Waals surface area (Å²) in [7, 11) is 0. The number of nitrogens with zero attached hydrogens (tertiary/aromatic N) is 1. The van der Waals surface area contributed by atoms with Gasteiger partial charge in [0.15, 0.2) is 5.78 Å². The summed E-state index contributed by atoms with van der Waals surface area (Å²) in [5.41, 5.74) is 3.41. The normalized spacial score (nSPS) is 21.2. The third-order valence-electron chi connectivity index (χ3n) is 4.73. The van der Waals surface area contributed by atoms with Gasteiger partial charge in [-0.15, -0.1) is 12.4 Å². The van der Waals surface area contributed by atoms with Gasteiger partial charge in [-0.1, -0.05) is 18.2 Å². The fourth-order valence-corrected chi connectivity index (χ4v) is 4.00. The summed E-state index contributed by atoms with van der Waals surface area (Å²) >= 11 is 0.879. The number of ketones is 1. The molecule has 8 heteroatoms. The van der Waals surface area contributed by atoms with Crippen molar-refractivity contribution >= 4 is 52.4 Å². The van der Waals surface area contributed by atoms with Gasteiger partial charge < -0.3 is 10.2 Å². The zero-order chi connectivity index (χ0) is 18.8. The van der Waals surface area contributed by atoms with E-state index in [9.17, 15) is 14.4 Å². The molecule has 0 aromatic heterocycles. The minimum Gasteiger partial charge on any atom is -0.369 e. The third kappa shape index (κ3) is 4.38. The van der Waals surface area contributed by atoms with Gasteiger partial charge in [-0.25, -0.2) is 0 Å². The van der Waals surface area contributed by atoms with Crippen LogP contribution in [0.15, 0.2) is 53.0 Å². The van der Waals surface area contributed by atoms with Crippen molar-refractivity contribution in [3.05, 3.63) is 58.5 Å². The molecule has 1 aliphatic carbocycles. The number of imide groups is 1. The highest BCUT2D eigenvalue weighted by Gasteiger charge is 2.26. The molecule has 1 aromatic rings. The van der Waals surface area contributed by atoms with Gasteiger partial charge in [0.1, 0.15) is 0 Å². The predicted octanol–water partition coefficient (Wildman–Crippen LogP) is 2.67. The highest BCUT2D eigenvalue weighted by molar-refractivity contribution is 8.18. The number of hydrogen-bond donors (Lipinski definition) is 2. The van der Waals surface area contributed by atoms with E-state index in [-0.39, 0.29) is 29.9 Å². The number of anilines is 1. The highest BCUT2D eigenvalue weighted by Crippen LogP contribution is 2.30. The number of benzene rings is 1. The van der Waals surface area contributed by atoms with E-state index >= 15 is 0 Å². The Labute approximate surface area is 173 Å². The second kappa shape index (κ2) is 8.77. The molecule has 0 radical (unpaired) electrons. The number of amides is 2. The molecule has 2 N–H and O–H groups in total. The molecule has 28 heavy (non-hydrogen) atoms. The van der Waals surface area contributed by atoms with Gasteiger partial charge >= 0.3 is 0 Å². The molecule has 2 amide bonds. The first-order valence-corrected chi connectivity index (χ1v) is 9.68. The Balaban J connectivity index is 0.00000225. The molecule has 4 rings (SSSR count). The molecule has 1 aromatic carbocycles. The van der Waals surface area contributed by atoms with Gasteiger partial charge in [0, 0.05) is 43.9 Å². The van der Waals surface area contributed by atoms with E-state index < -0.39 is 5.91 Å². The second-order valence-corrected chi connectivity index (χ2v) is 7.54. The van der Waals surface area contributed by atoms with Crippen LogP contribution in [0, 0.1) is 0 Å². The molecule has 2 saturated heterocycles. The summed E-state index contributed by atoms with van der Waals surface area (Å²) in [4.78, 5) is 38.1. The average Bonchev–Trinajstić information content (AvgIpc) is 3.01. The summed E-state index contributed by atoms with van der Waals surface area (Å²) in [5, 5.41) is 5.20. The van der Waals surface area contributed by atoms with Crippen molar-refractivity contribution < 1.29 is 14.4 Å². The lowest BCUT2D eigenvalue weighted by Crippen LogP contribution is -2.43. The lowest BCUT2D eigenvalue weighted by molar-refractivity contribution is -0.115. The zero-order valence-electron chi connectivity index (χ0n) is 15.1. The maximum atomic E-state index is 12.4. The Kier molecular flexibility index (Phi) is 6.39. The first-order valence-electron chi connectivity index (χ1n) is 8.86. The fraction of sp³-hybridized carbons (Fsp3) is 0.250. The molecule has 2 fully saturated rings. The van der Waals surface area contributed by atoms with Crippen molar-refractivity contribution in [3.8, 4) is 0 Å². The number of rotatable bonds is 3. The lowest BCUT2D eigenvalue weighted by atomic mass is 9.92. The van der Waals surface area contributed by atoms with Gasteiger partial charge in [-0.3, -0.25) is 19.7 Å². The maximum Gasteiger partial charge on any atom is 0.290 e. The number of carbonyl (C=O) groups is 3. The standard InChI is InChI=1S/C20H19N3O3S.ClH/c24-17-6-1-13(12-18-19(25)22-20(26)27-18)11-16(17)14-2-4-15(5-3-14)23-9-7-21-8-10-23;/h1-5,11-12,21H,6-10H2,(H,22,25,26);1H. The molecule has 0 atom stereocenters. The average molecular weight is 418 g/mol. The van der Waals surface area contributed by atoms with Crippen molar-refractivity contribution in [1.82, 2.24) is 10.6 Å². The second-order valence-electron chi connectivity index (χ2n) is 6.53. The number of thioether (sulfide) groups is 1. The molecule has 0 bridgehead atoms. The Bertz CT molecular complexity index is 900. The minimum atomic E-state index is -0.391. The number of hydrogen-bond acceptors (Lipinski definition) is 6. The molecule has 6 nitrogen and oxygen atoms in total.